The fourth-order valence-corrected chi connectivity index (χ4v) is 3.00. The molecule has 1 N–H and O–H groups in total. The molecule has 0 fully saturated rings. The van der Waals surface area contributed by atoms with E-state index in [-0.39, 0.29) is 0 Å². The van der Waals surface area contributed by atoms with Gasteiger partial charge >= 0.3 is 0 Å². The predicted octanol–water partition coefficient (Wildman–Crippen LogP) is 2.20. The average Bonchev–Trinajstić information content (AvgIpc) is 3.00. The van der Waals surface area contributed by atoms with Gasteiger partial charge < -0.3 is 9.88 Å². The van der Waals surface area contributed by atoms with Crippen LogP contribution in [0.2, 0.25) is 0 Å². The number of anilines is 1. The van der Waals surface area contributed by atoms with Gasteiger partial charge in [-0.3, -0.25) is 4.98 Å². The van der Waals surface area contributed by atoms with Gasteiger partial charge in [-0.1, -0.05) is 0 Å². The molecule has 1 aromatic rings. The van der Waals surface area contributed by atoms with Crippen LogP contribution >= 0.6 is 15.9 Å². The molecule has 0 radical (unpaired) electrons. The molecule has 0 bridgehead atoms. The smallest absolute Gasteiger partial charge is 0.251 e. The summed E-state index contributed by atoms with van der Waals surface area (Å²) >= 11 is 3.57. The van der Waals surface area contributed by atoms with Gasteiger partial charge in [0.1, 0.15) is 11.6 Å². The SMILES string of the molecule is Brc1cc2cnc(=Nc3ccncc3)nc-2n2c1NCC2. The number of nitrogens with zero attached hydrogens (tertiary/aromatic N) is 5. The van der Waals surface area contributed by atoms with Gasteiger partial charge in [0.25, 0.3) is 5.62 Å². The molecule has 0 amide bonds. The highest BCUT2D eigenvalue weighted by molar-refractivity contribution is 9.10. The van der Waals surface area contributed by atoms with Gasteiger partial charge in [-0.25, -0.2) is 9.98 Å². The summed E-state index contributed by atoms with van der Waals surface area (Å²) in [5.74, 6) is 1.94. The van der Waals surface area contributed by atoms with Crippen LogP contribution in [0.5, 0.6) is 0 Å². The second-order valence-corrected chi connectivity index (χ2v) is 5.54. The number of hydrogen-bond acceptors (Lipinski definition) is 5. The Balaban J connectivity index is 1.93. The zero-order valence-corrected chi connectivity index (χ0v) is 12.6. The number of nitrogens with one attached hydrogen (secondary N) is 1. The normalized spacial score (nSPS) is 14.2. The Morgan fingerprint density at radius 3 is 3.00 bits per heavy atom. The van der Waals surface area contributed by atoms with Gasteiger partial charge in [-0.05, 0) is 34.1 Å². The van der Waals surface area contributed by atoms with Gasteiger partial charge in [0.2, 0.25) is 0 Å². The quantitative estimate of drug-likeness (QED) is 0.736. The first-order valence-corrected chi connectivity index (χ1v) is 7.35. The Kier molecular flexibility index (Phi) is 2.92. The Morgan fingerprint density at radius 2 is 2.14 bits per heavy atom. The second kappa shape index (κ2) is 4.92. The molecule has 104 valence electrons. The fourth-order valence-electron chi connectivity index (χ4n) is 2.40. The summed E-state index contributed by atoms with van der Waals surface area (Å²) in [5, 5.41) is 3.35. The van der Waals surface area contributed by atoms with E-state index >= 15 is 0 Å². The van der Waals surface area contributed by atoms with Crippen LogP contribution in [0.4, 0.5) is 11.5 Å². The van der Waals surface area contributed by atoms with Gasteiger partial charge in [-0.2, -0.15) is 4.98 Å². The molecular formula is C14H11BrN6. The molecule has 0 saturated carbocycles. The zero-order chi connectivity index (χ0) is 14.2. The molecule has 21 heavy (non-hydrogen) atoms. The Labute approximate surface area is 129 Å². The third kappa shape index (κ3) is 2.19. The van der Waals surface area contributed by atoms with Crippen molar-refractivity contribution >= 4 is 27.4 Å². The lowest BCUT2D eigenvalue weighted by molar-refractivity contribution is 0.778. The molecule has 0 spiro atoms. The van der Waals surface area contributed by atoms with Gasteiger partial charge in [0.05, 0.1) is 10.2 Å². The predicted molar refractivity (Wildman–Crippen MR) is 82.3 cm³/mol. The topological polar surface area (TPSA) is 68.0 Å². The average molecular weight is 343 g/mol. The van der Waals surface area contributed by atoms with Crippen LogP contribution in [0.1, 0.15) is 0 Å². The largest absolute Gasteiger partial charge is 0.369 e. The molecular weight excluding hydrogens is 332 g/mol. The van der Waals surface area contributed by atoms with E-state index in [2.05, 4.69) is 45.8 Å². The van der Waals surface area contributed by atoms with E-state index in [4.69, 9.17) is 0 Å². The molecule has 3 aliphatic heterocycles. The number of hydrogen-bond donors (Lipinski definition) is 1. The highest BCUT2D eigenvalue weighted by Crippen LogP contribution is 2.32. The van der Waals surface area contributed by atoms with Crippen LogP contribution in [0, 0.1) is 0 Å². The number of aromatic nitrogens is 4. The molecule has 6 nitrogen and oxygen atoms in total. The van der Waals surface area contributed by atoms with Crippen molar-refractivity contribution < 1.29 is 0 Å². The van der Waals surface area contributed by atoms with Crippen molar-refractivity contribution in [3.05, 3.63) is 46.9 Å². The van der Waals surface area contributed by atoms with E-state index in [1.54, 1.807) is 18.6 Å². The Morgan fingerprint density at radius 1 is 1.29 bits per heavy atom. The van der Waals surface area contributed by atoms with E-state index in [9.17, 15) is 0 Å². The van der Waals surface area contributed by atoms with Crippen LogP contribution < -0.4 is 10.9 Å². The van der Waals surface area contributed by atoms with Gasteiger partial charge in [0.15, 0.2) is 0 Å². The van der Waals surface area contributed by atoms with E-state index < -0.39 is 0 Å². The lowest BCUT2D eigenvalue weighted by atomic mass is 10.2. The highest BCUT2D eigenvalue weighted by atomic mass is 79.9. The molecule has 0 saturated heterocycles. The minimum atomic E-state index is 0.456. The van der Waals surface area contributed by atoms with Gasteiger partial charge in [-0.15, -0.1) is 0 Å². The molecule has 4 heterocycles. The molecule has 0 unspecified atom stereocenters. The first-order chi connectivity index (χ1) is 10.3. The third-order valence-electron chi connectivity index (χ3n) is 3.34. The summed E-state index contributed by atoms with van der Waals surface area (Å²) in [6.07, 6.45) is 5.21. The summed E-state index contributed by atoms with van der Waals surface area (Å²) < 4.78 is 3.17. The maximum atomic E-state index is 4.59. The molecule has 3 aliphatic rings. The van der Waals surface area contributed by atoms with Crippen molar-refractivity contribution in [1.82, 2.24) is 19.5 Å². The van der Waals surface area contributed by atoms with Crippen LogP contribution in [-0.4, -0.2) is 26.1 Å². The standard InChI is InChI=1S/C14H11BrN6/c15-11-7-9-8-18-14(19-10-1-3-16-4-2-10)20-12(9)21-6-5-17-13(11)21/h1-4,7-8,17H,5-6H2. The summed E-state index contributed by atoms with van der Waals surface area (Å²) in [4.78, 5) is 17.3. The molecule has 0 aliphatic carbocycles. The molecule has 0 atom stereocenters. The summed E-state index contributed by atoms with van der Waals surface area (Å²) in [6, 6.07) is 5.68. The molecule has 1 aromatic heterocycles. The van der Waals surface area contributed by atoms with Crippen molar-refractivity contribution in [2.24, 2.45) is 4.99 Å². The first-order valence-electron chi connectivity index (χ1n) is 6.56. The van der Waals surface area contributed by atoms with Crippen molar-refractivity contribution in [3.63, 3.8) is 0 Å². The third-order valence-corrected chi connectivity index (χ3v) is 3.94. The van der Waals surface area contributed by atoms with Crippen molar-refractivity contribution in [2.75, 3.05) is 11.9 Å². The highest BCUT2D eigenvalue weighted by Gasteiger charge is 2.19. The minimum absolute atomic E-state index is 0.456. The van der Waals surface area contributed by atoms with E-state index in [1.807, 2.05) is 18.2 Å². The Bertz CT molecular complexity index is 842. The van der Waals surface area contributed by atoms with Crippen LogP contribution in [-0.2, 0) is 6.54 Å². The summed E-state index contributed by atoms with van der Waals surface area (Å²) in [6.45, 7) is 1.79. The molecule has 0 aromatic carbocycles. The monoisotopic (exact) mass is 342 g/mol. The van der Waals surface area contributed by atoms with Crippen molar-refractivity contribution in [1.29, 1.82) is 0 Å². The van der Waals surface area contributed by atoms with Crippen molar-refractivity contribution in [3.8, 4) is 11.4 Å². The maximum absolute atomic E-state index is 4.59. The zero-order valence-electron chi connectivity index (χ0n) is 11.0. The minimum Gasteiger partial charge on any atom is -0.369 e. The summed E-state index contributed by atoms with van der Waals surface area (Å²) in [7, 11) is 0. The fraction of sp³-hybridized carbons (Fsp3) is 0.143. The Hall–Kier alpha value is -2.28. The van der Waals surface area contributed by atoms with E-state index in [0.29, 0.717) is 5.62 Å². The first kappa shape index (κ1) is 12.5. The second-order valence-electron chi connectivity index (χ2n) is 4.69. The molecule has 4 rings (SSSR count). The number of rotatable bonds is 1. The lowest BCUT2D eigenvalue weighted by Gasteiger charge is -2.13. The van der Waals surface area contributed by atoms with Crippen LogP contribution in [0.15, 0.2) is 46.3 Å². The molecule has 7 heteroatoms. The lowest BCUT2D eigenvalue weighted by Crippen LogP contribution is -2.17. The van der Waals surface area contributed by atoms with Crippen molar-refractivity contribution in [2.45, 2.75) is 6.54 Å². The summed E-state index contributed by atoms with van der Waals surface area (Å²) in [5.41, 5.74) is 2.24. The van der Waals surface area contributed by atoms with E-state index in [1.165, 1.54) is 0 Å². The number of fused-ring (bicyclic) bond motifs is 3. The maximum Gasteiger partial charge on any atom is 0.251 e. The van der Waals surface area contributed by atoms with E-state index in [0.717, 1.165) is 40.5 Å². The van der Waals surface area contributed by atoms with Crippen LogP contribution in [0.3, 0.4) is 0 Å². The van der Waals surface area contributed by atoms with Gasteiger partial charge in [0, 0.05) is 37.2 Å². The van der Waals surface area contributed by atoms with Crippen LogP contribution in [0.25, 0.3) is 11.4 Å². The number of pyridine rings is 2. The number of halogens is 1.